The molecule has 4 aliphatic rings. The molecule has 0 aliphatic heterocycles. The molecule has 2 heterocycles. The molecule has 6 rings (SSSR count). The molecule has 0 unspecified atom stereocenters. The summed E-state index contributed by atoms with van der Waals surface area (Å²) in [6.45, 7) is -1.35. The van der Waals surface area contributed by atoms with Crippen LogP contribution in [-0.4, -0.2) is 61.2 Å². The predicted octanol–water partition coefficient (Wildman–Crippen LogP) is 6.35. The highest BCUT2D eigenvalue weighted by atomic mass is 35.5. The summed E-state index contributed by atoms with van der Waals surface area (Å²) < 4.78 is 60.4. The van der Waals surface area contributed by atoms with Gasteiger partial charge < -0.3 is 10.0 Å². The minimum atomic E-state index is -5.01. The van der Waals surface area contributed by atoms with Crippen LogP contribution in [0.15, 0.2) is 18.6 Å². The van der Waals surface area contributed by atoms with Crippen LogP contribution in [0.4, 0.5) is 17.6 Å². The number of aliphatic carboxylic acids is 1. The first-order valence-electron chi connectivity index (χ1n) is 13.4. The van der Waals surface area contributed by atoms with Crippen molar-refractivity contribution in [2.75, 3.05) is 13.1 Å². The molecule has 0 atom stereocenters. The first-order valence-corrected chi connectivity index (χ1v) is 14.2. The number of carboxylic acid groups (broad SMARTS) is 1. The Hall–Kier alpha value is -2.73. The molecular weight excluding hydrogens is 591 g/mol. The largest absolute Gasteiger partial charge is 0.481 e. The van der Waals surface area contributed by atoms with E-state index in [1.165, 1.54) is 12.4 Å². The van der Waals surface area contributed by atoms with Crippen LogP contribution in [0, 0.1) is 5.41 Å². The molecule has 4 aliphatic carbocycles. The zero-order valence-electron chi connectivity index (χ0n) is 21.9. The fraction of sp³-hybridized carbons (Fsp3) is 0.593. The van der Waals surface area contributed by atoms with Crippen LogP contribution >= 0.6 is 23.2 Å². The van der Waals surface area contributed by atoms with E-state index in [0.29, 0.717) is 12.8 Å². The normalized spacial score (nSPS) is 25.3. The van der Waals surface area contributed by atoms with Crippen LogP contribution in [0.25, 0.3) is 0 Å². The van der Waals surface area contributed by atoms with E-state index in [-0.39, 0.29) is 67.0 Å². The van der Waals surface area contributed by atoms with E-state index in [2.05, 4.69) is 10.1 Å². The van der Waals surface area contributed by atoms with E-state index in [1.807, 2.05) is 0 Å². The number of hydrogen-bond donors (Lipinski definition) is 1. The van der Waals surface area contributed by atoms with Crippen molar-refractivity contribution in [1.29, 1.82) is 0 Å². The topological polar surface area (TPSA) is 105 Å². The van der Waals surface area contributed by atoms with Gasteiger partial charge in [-0.15, -0.1) is 0 Å². The second-order valence-corrected chi connectivity index (χ2v) is 12.4. The Morgan fingerprint density at radius 2 is 1.51 bits per heavy atom. The highest BCUT2D eigenvalue weighted by Gasteiger charge is 2.56. The molecule has 222 valence electrons. The monoisotopic (exact) mass is 618 g/mol. The van der Waals surface area contributed by atoms with Gasteiger partial charge >= 0.3 is 12.1 Å². The number of alkyl halides is 4. The molecule has 1 N–H and O–H groups in total. The van der Waals surface area contributed by atoms with Crippen LogP contribution < -0.4 is 0 Å². The molecule has 2 aromatic heterocycles. The van der Waals surface area contributed by atoms with Gasteiger partial charge in [0.1, 0.15) is 5.67 Å². The van der Waals surface area contributed by atoms with E-state index in [4.69, 9.17) is 23.2 Å². The van der Waals surface area contributed by atoms with Gasteiger partial charge in [-0.05, 0) is 51.4 Å². The Morgan fingerprint density at radius 1 is 0.951 bits per heavy atom. The number of hydrogen-bond acceptors (Lipinski definition) is 5. The Bertz CT molecular complexity index is 1340. The van der Waals surface area contributed by atoms with E-state index < -0.39 is 64.8 Å². The van der Waals surface area contributed by atoms with Gasteiger partial charge in [-0.2, -0.15) is 18.3 Å². The number of carboxylic acids is 1. The number of amides is 1. The zero-order valence-corrected chi connectivity index (χ0v) is 23.5. The van der Waals surface area contributed by atoms with E-state index >= 15 is 4.39 Å². The molecule has 1 amide bonds. The van der Waals surface area contributed by atoms with Crippen molar-refractivity contribution in [2.24, 2.45) is 5.41 Å². The fourth-order valence-electron chi connectivity index (χ4n) is 6.75. The Balaban J connectivity index is 1.52. The molecule has 0 aromatic carbocycles. The summed E-state index contributed by atoms with van der Waals surface area (Å²) in [5.41, 5.74) is -6.20. The number of nitrogens with zero attached hydrogens (tertiary/aromatic N) is 4. The molecule has 0 spiro atoms. The third kappa shape index (κ3) is 5.33. The summed E-state index contributed by atoms with van der Waals surface area (Å²) in [6.07, 6.45) is 0.484. The van der Waals surface area contributed by atoms with Gasteiger partial charge in [0.15, 0.2) is 11.5 Å². The Labute approximate surface area is 243 Å². The lowest BCUT2D eigenvalue weighted by Crippen LogP contribution is -2.52. The van der Waals surface area contributed by atoms with Crippen molar-refractivity contribution in [2.45, 2.75) is 81.6 Å². The SMILES string of the molecule is O=C(CN(CC1(F)CCCC1)C(=O)c1cnn(C23CCC(C(=O)O)(CC2)CC3)c1C(F)(F)F)c1c(Cl)cncc1Cl. The molecule has 0 radical (unpaired) electrons. The summed E-state index contributed by atoms with van der Waals surface area (Å²) in [7, 11) is 0. The number of ketones is 1. The number of pyridine rings is 1. The number of Topliss-reactive ketones (excluding diaryl/α,β-unsaturated/α-hetero) is 1. The first kappa shape index (κ1) is 29.8. The van der Waals surface area contributed by atoms with Gasteiger partial charge in [0.05, 0.1) is 51.4 Å². The standard InChI is InChI=1S/C27H28Cl2F4N4O4/c28-17-12-34-13-18(29)20(17)19(38)14-36(15-25(30)3-1-2-4-25)22(39)16-11-35-37(21(16)27(31,32)33)26-8-5-24(6-9-26,7-10-26)23(40)41/h11-13H,1-10,14-15H2,(H,40,41). The van der Waals surface area contributed by atoms with Crippen LogP contribution in [0.5, 0.6) is 0 Å². The van der Waals surface area contributed by atoms with Gasteiger partial charge in [-0.25, -0.2) is 4.39 Å². The maximum atomic E-state index is 15.6. The van der Waals surface area contributed by atoms with Gasteiger partial charge in [-0.1, -0.05) is 36.0 Å². The molecule has 4 fully saturated rings. The quantitative estimate of drug-likeness (QED) is 0.273. The number of carbonyl (C=O) groups is 3. The van der Waals surface area contributed by atoms with Gasteiger partial charge in [0, 0.05) is 12.4 Å². The molecule has 0 saturated heterocycles. The summed E-state index contributed by atoms with van der Waals surface area (Å²) in [4.78, 5) is 43.4. The fourth-order valence-corrected chi connectivity index (χ4v) is 7.33. The van der Waals surface area contributed by atoms with E-state index in [0.717, 1.165) is 15.8 Å². The second kappa shape index (κ2) is 10.5. The molecule has 2 aromatic rings. The van der Waals surface area contributed by atoms with Gasteiger partial charge in [0.2, 0.25) is 0 Å². The van der Waals surface area contributed by atoms with Crippen molar-refractivity contribution in [1.82, 2.24) is 19.7 Å². The average Bonchev–Trinajstić information content (AvgIpc) is 3.56. The molecular formula is C27H28Cl2F4N4O4. The summed E-state index contributed by atoms with van der Waals surface area (Å²) in [5, 5.41) is 13.5. The van der Waals surface area contributed by atoms with Crippen LogP contribution in [0.3, 0.4) is 0 Å². The lowest BCUT2D eigenvalue weighted by atomic mass is 9.57. The van der Waals surface area contributed by atoms with E-state index in [9.17, 15) is 32.7 Å². The van der Waals surface area contributed by atoms with Crippen molar-refractivity contribution < 1.29 is 37.1 Å². The molecule has 41 heavy (non-hydrogen) atoms. The summed E-state index contributed by atoms with van der Waals surface area (Å²) in [6, 6.07) is 0. The second-order valence-electron chi connectivity index (χ2n) is 11.5. The molecule has 14 heteroatoms. The van der Waals surface area contributed by atoms with E-state index in [1.54, 1.807) is 0 Å². The van der Waals surface area contributed by atoms with Crippen LogP contribution in [0.2, 0.25) is 10.0 Å². The highest BCUT2D eigenvalue weighted by molar-refractivity contribution is 6.39. The Morgan fingerprint density at radius 3 is 2.02 bits per heavy atom. The highest BCUT2D eigenvalue weighted by Crippen LogP contribution is 2.56. The van der Waals surface area contributed by atoms with Crippen molar-refractivity contribution in [3.8, 4) is 0 Å². The number of aromatic nitrogens is 3. The maximum absolute atomic E-state index is 15.6. The van der Waals surface area contributed by atoms with Gasteiger partial charge in [-0.3, -0.25) is 24.0 Å². The minimum absolute atomic E-state index is 0.0988. The predicted molar refractivity (Wildman–Crippen MR) is 140 cm³/mol. The van der Waals surface area contributed by atoms with Gasteiger partial charge in [0.25, 0.3) is 5.91 Å². The third-order valence-corrected chi connectivity index (χ3v) is 9.68. The number of halogens is 6. The van der Waals surface area contributed by atoms with Crippen LogP contribution in [0.1, 0.15) is 90.6 Å². The third-order valence-electron chi connectivity index (χ3n) is 9.11. The smallest absolute Gasteiger partial charge is 0.433 e. The van der Waals surface area contributed by atoms with Crippen molar-refractivity contribution in [3.05, 3.63) is 45.5 Å². The number of carbonyl (C=O) groups excluding carboxylic acids is 2. The summed E-state index contributed by atoms with van der Waals surface area (Å²) >= 11 is 12.2. The molecule has 8 nitrogen and oxygen atoms in total. The Kier molecular flexibility index (Phi) is 7.63. The molecule has 2 bridgehead atoms. The van der Waals surface area contributed by atoms with Crippen molar-refractivity contribution in [3.63, 3.8) is 0 Å². The first-order chi connectivity index (χ1) is 19.2. The summed E-state index contributed by atoms with van der Waals surface area (Å²) in [5.74, 6) is -2.92. The lowest BCUT2D eigenvalue weighted by molar-refractivity contribution is -0.163. The van der Waals surface area contributed by atoms with Crippen LogP contribution in [-0.2, 0) is 16.5 Å². The van der Waals surface area contributed by atoms with Crippen molar-refractivity contribution >= 4 is 40.9 Å². The minimum Gasteiger partial charge on any atom is -0.481 e. The zero-order chi connectivity index (χ0) is 29.8. The number of fused-ring (bicyclic) bond motifs is 3. The average molecular weight is 619 g/mol. The lowest BCUT2D eigenvalue weighted by Gasteiger charge is -2.51. The maximum Gasteiger partial charge on any atom is 0.433 e. The number of rotatable bonds is 8. The molecule has 4 saturated carbocycles.